The number of hydrogen-bond donors (Lipinski definition) is 0. The smallest absolute Gasteiger partial charge is 0.225 e. The minimum absolute atomic E-state index is 0.155. The first-order valence-electron chi connectivity index (χ1n) is 9.39. The van der Waals surface area contributed by atoms with E-state index in [9.17, 15) is 12.8 Å². The highest BCUT2D eigenvalue weighted by atomic mass is 32.2. The van der Waals surface area contributed by atoms with Crippen molar-refractivity contribution in [2.75, 3.05) is 35.7 Å². The molecule has 1 aliphatic rings. The van der Waals surface area contributed by atoms with Gasteiger partial charge in [0, 0.05) is 43.5 Å². The molecule has 1 fully saturated rings. The molecule has 1 atom stereocenters. The summed E-state index contributed by atoms with van der Waals surface area (Å²) < 4.78 is 37.7. The molecule has 1 aromatic carbocycles. The third-order valence-corrected chi connectivity index (χ3v) is 6.45. The van der Waals surface area contributed by atoms with E-state index < -0.39 is 15.7 Å². The van der Waals surface area contributed by atoms with E-state index in [1.165, 1.54) is 12.1 Å². The number of hydrogen-bond acceptors (Lipinski definition) is 6. The van der Waals surface area contributed by atoms with Crippen LogP contribution in [0.3, 0.4) is 0 Å². The Hall–Kier alpha value is -2.22. The first kappa shape index (κ1) is 20.5. The van der Waals surface area contributed by atoms with Gasteiger partial charge >= 0.3 is 0 Å². The second-order valence-electron chi connectivity index (χ2n) is 7.78. The van der Waals surface area contributed by atoms with Gasteiger partial charge in [-0.05, 0) is 43.5 Å². The van der Waals surface area contributed by atoms with Crippen LogP contribution < -0.4 is 9.80 Å². The fourth-order valence-electron chi connectivity index (χ4n) is 3.49. The molecule has 0 unspecified atom stereocenters. The second-order valence-corrected chi connectivity index (χ2v) is 9.76. The summed E-state index contributed by atoms with van der Waals surface area (Å²) in [5.74, 6) is 0.342. The van der Waals surface area contributed by atoms with E-state index in [1.54, 1.807) is 6.07 Å². The molecule has 2 heterocycles. The van der Waals surface area contributed by atoms with Gasteiger partial charge in [0.15, 0.2) is 9.84 Å². The van der Waals surface area contributed by atoms with Crippen molar-refractivity contribution in [1.29, 1.82) is 0 Å². The molecule has 6 nitrogen and oxygen atoms in total. The average molecular weight is 407 g/mol. The molecule has 0 radical (unpaired) electrons. The lowest BCUT2D eigenvalue weighted by molar-refractivity contribution is 0.413. The van der Waals surface area contributed by atoms with E-state index in [0.29, 0.717) is 31.2 Å². The zero-order valence-corrected chi connectivity index (χ0v) is 17.8. The van der Waals surface area contributed by atoms with E-state index >= 15 is 0 Å². The van der Waals surface area contributed by atoms with E-state index in [-0.39, 0.29) is 10.9 Å². The lowest BCUT2D eigenvalue weighted by Gasteiger charge is -2.44. The number of nitrogens with zero attached hydrogens (tertiary/aromatic N) is 4. The molecule has 3 rings (SSSR count). The quantitative estimate of drug-likeness (QED) is 0.778. The number of benzene rings is 1. The van der Waals surface area contributed by atoms with Crippen molar-refractivity contribution in [3.05, 3.63) is 41.5 Å². The number of piperazine rings is 1. The maximum absolute atomic E-state index is 14.0. The number of rotatable bonds is 4. The summed E-state index contributed by atoms with van der Waals surface area (Å²) in [5, 5.41) is 0. The Morgan fingerprint density at radius 2 is 1.93 bits per heavy atom. The van der Waals surface area contributed by atoms with Crippen molar-refractivity contribution < 1.29 is 12.8 Å². The summed E-state index contributed by atoms with van der Waals surface area (Å²) in [5.41, 5.74) is 2.74. The lowest BCUT2D eigenvalue weighted by atomic mass is 9.99. The molecule has 2 aromatic rings. The van der Waals surface area contributed by atoms with Crippen molar-refractivity contribution in [3.8, 4) is 0 Å². The Morgan fingerprint density at radius 3 is 2.54 bits per heavy atom. The van der Waals surface area contributed by atoms with E-state index in [4.69, 9.17) is 0 Å². The summed E-state index contributed by atoms with van der Waals surface area (Å²) in [4.78, 5) is 13.2. The van der Waals surface area contributed by atoms with Crippen LogP contribution in [-0.4, -0.2) is 50.3 Å². The van der Waals surface area contributed by atoms with Crippen LogP contribution in [0.2, 0.25) is 0 Å². The SMILES string of the molecule is Cc1cnc(N2CCN(c3ccc(F)c(S(C)(=O)=O)c3)C[C@H]2C(C)C)nc1C. The largest absolute Gasteiger partial charge is 0.368 e. The van der Waals surface area contributed by atoms with Crippen molar-refractivity contribution in [1.82, 2.24) is 9.97 Å². The highest BCUT2D eigenvalue weighted by Crippen LogP contribution is 2.28. The Morgan fingerprint density at radius 1 is 1.21 bits per heavy atom. The fraction of sp³-hybridized carbons (Fsp3) is 0.500. The molecule has 1 saturated heterocycles. The molecule has 0 amide bonds. The van der Waals surface area contributed by atoms with Crippen LogP contribution in [0.25, 0.3) is 0 Å². The molecule has 0 bridgehead atoms. The van der Waals surface area contributed by atoms with Crippen molar-refractivity contribution in [2.24, 2.45) is 5.92 Å². The lowest BCUT2D eigenvalue weighted by Crippen LogP contribution is -2.56. The monoisotopic (exact) mass is 406 g/mol. The summed E-state index contributed by atoms with van der Waals surface area (Å²) in [6.07, 6.45) is 2.88. The highest BCUT2D eigenvalue weighted by Gasteiger charge is 2.31. The number of anilines is 2. The summed E-state index contributed by atoms with van der Waals surface area (Å²) in [6.45, 7) is 10.3. The molecular weight excluding hydrogens is 379 g/mol. The standard InChI is InChI=1S/C20H27FN4O2S/c1-13(2)18-12-24(16-6-7-17(21)19(10-16)28(5,26)27)8-9-25(18)20-22-11-14(3)15(4)23-20/h6-7,10-11,13,18H,8-9,12H2,1-5H3/t18-/m0/s1. The van der Waals surface area contributed by atoms with Gasteiger partial charge in [0.2, 0.25) is 5.95 Å². The van der Waals surface area contributed by atoms with Gasteiger partial charge in [0.1, 0.15) is 10.7 Å². The summed E-state index contributed by atoms with van der Waals surface area (Å²) in [7, 11) is -3.62. The zero-order chi connectivity index (χ0) is 20.6. The van der Waals surface area contributed by atoms with E-state index in [1.807, 2.05) is 20.0 Å². The molecule has 152 valence electrons. The summed E-state index contributed by atoms with van der Waals surface area (Å²) >= 11 is 0. The summed E-state index contributed by atoms with van der Waals surface area (Å²) in [6, 6.07) is 4.46. The minimum Gasteiger partial charge on any atom is -0.368 e. The third-order valence-electron chi connectivity index (χ3n) is 5.34. The van der Waals surface area contributed by atoms with Gasteiger partial charge < -0.3 is 9.80 Å². The number of aryl methyl sites for hydroxylation is 2. The fourth-order valence-corrected chi connectivity index (χ4v) is 4.25. The molecule has 0 saturated carbocycles. The van der Waals surface area contributed by atoms with Crippen molar-refractivity contribution >= 4 is 21.5 Å². The second kappa shape index (κ2) is 7.66. The van der Waals surface area contributed by atoms with Crippen LogP contribution in [0, 0.1) is 25.6 Å². The van der Waals surface area contributed by atoms with Crippen LogP contribution in [-0.2, 0) is 9.84 Å². The van der Waals surface area contributed by atoms with Crippen LogP contribution in [0.1, 0.15) is 25.1 Å². The maximum atomic E-state index is 14.0. The Labute approximate surface area is 166 Å². The Balaban J connectivity index is 1.90. The normalized spacial score (nSPS) is 18.0. The molecule has 0 aliphatic carbocycles. The van der Waals surface area contributed by atoms with Gasteiger partial charge in [0.05, 0.1) is 6.04 Å². The Kier molecular flexibility index (Phi) is 5.61. The predicted molar refractivity (Wildman–Crippen MR) is 109 cm³/mol. The Bertz CT molecular complexity index is 978. The van der Waals surface area contributed by atoms with Gasteiger partial charge in [0.25, 0.3) is 0 Å². The van der Waals surface area contributed by atoms with Crippen LogP contribution in [0.4, 0.5) is 16.0 Å². The molecular formula is C20H27FN4O2S. The van der Waals surface area contributed by atoms with Crippen molar-refractivity contribution in [2.45, 2.75) is 38.6 Å². The van der Waals surface area contributed by atoms with Gasteiger partial charge in [-0.15, -0.1) is 0 Å². The molecule has 0 N–H and O–H groups in total. The number of aromatic nitrogens is 2. The van der Waals surface area contributed by atoms with Crippen molar-refractivity contribution in [3.63, 3.8) is 0 Å². The van der Waals surface area contributed by atoms with Gasteiger partial charge in [-0.1, -0.05) is 13.8 Å². The first-order valence-corrected chi connectivity index (χ1v) is 11.3. The van der Waals surface area contributed by atoms with Crippen LogP contribution in [0.15, 0.2) is 29.3 Å². The first-order chi connectivity index (χ1) is 13.1. The predicted octanol–water partition coefficient (Wildman–Crippen LogP) is 2.99. The third kappa shape index (κ3) is 4.11. The molecule has 28 heavy (non-hydrogen) atoms. The maximum Gasteiger partial charge on any atom is 0.225 e. The van der Waals surface area contributed by atoms with Gasteiger partial charge in [-0.2, -0.15) is 0 Å². The molecule has 8 heteroatoms. The van der Waals surface area contributed by atoms with E-state index in [0.717, 1.165) is 23.5 Å². The molecule has 1 aliphatic heterocycles. The van der Waals surface area contributed by atoms with E-state index in [2.05, 4.69) is 33.6 Å². The number of halogens is 1. The highest BCUT2D eigenvalue weighted by molar-refractivity contribution is 7.90. The molecule has 1 aromatic heterocycles. The molecule has 0 spiro atoms. The number of sulfone groups is 1. The average Bonchev–Trinajstić information content (AvgIpc) is 2.63. The zero-order valence-electron chi connectivity index (χ0n) is 17.0. The van der Waals surface area contributed by atoms with Gasteiger partial charge in [-0.25, -0.2) is 22.8 Å². The topological polar surface area (TPSA) is 66.4 Å². The minimum atomic E-state index is -3.62. The van der Waals surface area contributed by atoms with Crippen LogP contribution >= 0.6 is 0 Å². The van der Waals surface area contributed by atoms with Gasteiger partial charge in [-0.3, -0.25) is 0 Å². The van der Waals surface area contributed by atoms with Crippen LogP contribution in [0.5, 0.6) is 0 Å².